The van der Waals surface area contributed by atoms with Gasteiger partial charge < -0.3 is 0 Å². The molecule has 0 aliphatic heterocycles. The van der Waals surface area contributed by atoms with E-state index in [0.717, 1.165) is 11.1 Å². The van der Waals surface area contributed by atoms with E-state index in [1.54, 1.807) is 12.1 Å². The molecule has 1 atom stereocenters. The van der Waals surface area contributed by atoms with Gasteiger partial charge in [-0.15, -0.1) is 0 Å². The van der Waals surface area contributed by atoms with Crippen LogP contribution in [0.1, 0.15) is 29.7 Å². The molecule has 0 fully saturated rings. The maximum Gasteiger partial charge on any atom is 0.140 e. The summed E-state index contributed by atoms with van der Waals surface area (Å²) in [5.74, 6) is -0.477. The molecule has 0 saturated heterocycles. The predicted molar refractivity (Wildman–Crippen MR) is 82.4 cm³/mol. The summed E-state index contributed by atoms with van der Waals surface area (Å²) in [5, 5.41) is 9.59. The molecule has 2 rings (SSSR count). The minimum atomic E-state index is -0.477. The monoisotopic (exact) mass is 302 g/mol. The third-order valence-electron chi connectivity index (χ3n) is 3.60. The maximum atomic E-state index is 13.3. The number of hydrogen-bond donors (Lipinski definition) is 0. The van der Waals surface area contributed by atoms with Crippen LogP contribution >= 0.6 is 11.6 Å². The van der Waals surface area contributed by atoms with Crippen LogP contribution in [0.2, 0.25) is 5.02 Å². The van der Waals surface area contributed by atoms with Gasteiger partial charge in [0.25, 0.3) is 0 Å². The topological polar surface area (TPSA) is 27.0 Å². The second kappa shape index (κ2) is 6.71. The Hall–Kier alpha value is -1.89. The molecule has 0 amide bonds. The van der Waals surface area contributed by atoms with Crippen molar-refractivity contribution < 1.29 is 4.39 Å². The lowest BCUT2D eigenvalue weighted by molar-refractivity contribution is 0.253. The van der Waals surface area contributed by atoms with E-state index in [1.807, 2.05) is 37.4 Å². The molecule has 108 valence electrons. The van der Waals surface area contributed by atoms with E-state index in [-0.39, 0.29) is 11.6 Å². The molecule has 0 aliphatic rings. The summed E-state index contributed by atoms with van der Waals surface area (Å²) >= 11 is 5.89. The average Bonchev–Trinajstić information content (AvgIpc) is 2.49. The number of halogens is 2. The van der Waals surface area contributed by atoms with Crippen LogP contribution < -0.4 is 0 Å². The molecule has 0 saturated carbocycles. The molecule has 2 aromatic carbocycles. The number of nitrogens with zero attached hydrogens (tertiary/aromatic N) is 2. The number of benzene rings is 2. The van der Waals surface area contributed by atoms with Crippen LogP contribution in [0, 0.1) is 17.1 Å². The molecule has 1 unspecified atom stereocenters. The Balaban J connectivity index is 2.12. The molecule has 2 aromatic rings. The third-order valence-corrected chi connectivity index (χ3v) is 3.85. The minimum Gasteiger partial charge on any atom is -0.295 e. The zero-order chi connectivity index (χ0) is 15.4. The summed E-state index contributed by atoms with van der Waals surface area (Å²) in [7, 11) is 1.99. The second-order valence-corrected chi connectivity index (χ2v) is 5.51. The molecule has 2 nitrogen and oxygen atoms in total. The molecule has 0 spiro atoms. The van der Waals surface area contributed by atoms with Gasteiger partial charge in [-0.05, 0) is 49.4 Å². The van der Waals surface area contributed by atoms with E-state index in [2.05, 4.69) is 11.8 Å². The summed E-state index contributed by atoms with van der Waals surface area (Å²) in [6.45, 7) is 2.73. The first kappa shape index (κ1) is 15.5. The molecule has 0 aromatic heterocycles. The Bertz CT molecular complexity index is 661. The normalized spacial score (nSPS) is 12.2. The van der Waals surface area contributed by atoms with Crippen molar-refractivity contribution in [2.24, 2.45) is 0 Å². The summed E-state index contributed by atoms with van der Waals surface area (Å²) in [6.07, 6.45) is 0. The Morgan fingerprint density at radius 3 is 2.52 bits per heavy atom. The van der Waals surface area contributed by atoms with Gasteiger partial charge in [-0.3, -0.25) is 4.90 Å². The van der Waals surface area contributed by atoms with Crippen molar-refractivity contribution in [3.05, 3.63) is 70.0 Å². The fraction of sp³-hybridized carbons (Fsp3) is 0.235. The van der Waals surface area contributed by atoms with E-state index in [4.69, 9.17) is 16.9 Å². The first-order chi connectivity index (χ1) is 10.0. The van der Waals surface area contributed by atoms with Gasteiger partial charge >= 0.3 is 0 Å². The van der Waals surface area contributed by atoms with Crippen LogP contribution in [0.15, 0.2) is 42.5 Å². The van der Waals surface area contributed by atoms with Crippen molar-refractivity contribution in [1.82, 2.24) is 4.90 Å². The van der Waals surface area contributed by atoms with Crippen molar-refractivity contribution in [3.8, 4) is 6.07 Å². The number of nitriles is 1. The quantitative estimate of drug-likeness (QED) is 0.829. The van der Waals surface area contributed by atoms with Gasteiger partial charge in [0, 0.05) is 17.6 Å². The Kier molecular flexibility index (Phi) is 4.95. The Morgan fingerprint density at radius 1 is 1.24 bits per heavy atom. The van der Waals surface area contributed by atoms with Gasteiger partial charge in [0.2, 0.25) is 0 Å². The van der Waals surface area contributed by atoms with E-state index in [0.29, 0.717) is 11.6 Å². The molecule has 0 aliphatic carbocycles. The summed E-state index contributed by atoms with van der Waals surface area (Å²) in [4.78, 5) is 2.14. The first-order valence-electron chi connectivity index (χ1n) is 6.65. The largest absolute Gasteiger partial charge is 0.295 e. The van der Waals surface area contributed by atoms with Gasteiger partial charge in [0.1, 0.15) is 11.9 Å². The van der Waals surface area contributed by atoms with E-state index in [1.165, 1.54) is 6.07 Å². The summed E-state index contributed by atoms with van der Waals surface area (Å²) < 4.78 is 13.3. The zero-order valence-electron chi connectivity index (χ0n) is 12.0. The first-order valence-corrected chi connectivity index (χ1v) is 7.03. The van der Waals surface area contributed by atoms with Crippen LogP contribution in [0.5, 0.6) is 0 Å². The van der Waals surface area contributed by atoms with Gasteiger partial charge in [-0.25, -0.2) is 4.39 Å². The molecule has 0 radical (unpaired) electrons. The Morgan fingerprint density at radius 2 is 1.90 bits per heavy atom. The summed E-state index contributed by atoms with van der Waals surface area (Å²) in [5.41, 5.74) is 2.15. The lowest BCUT2D eigenvalue weighted by Gasteiger charge is -2.25. The van der Waals surface area contributed by atoms with Crippen molar-refractivity contribution in [2.75, 3.05) is 7.05 Å². The number of hydrogen-bond acceptors (Lipinski definition) is 2. The molecule has 0 N–H and O–H groups in total. The van der Waals surface area contributed by atoms with Gasteiger partial charge in [-0.1, -0.05) is 29.8 Å². The SMILES string of the molecule is CC(c1ccc(Cl)cc1)N(C)Cc1ccc(F)c(C#N)c1. The standard InChI is InChI=1S/C17H16ClFN2/c1-12(14-4-6-16(18)7-5-14)21(2)11-13-3-8-17(19)15(9-13)10-20/h3-9,12H,11H2,1-2H3. The lowest BCUT2D eigenvalue weighted by atomic mass is 10.1. The van der Waals surface area contributed by atoms with Crippen LogP contribution in [0.4, 0.5) is 4.39 Å². The highest BCUT2D eigenvalue weighted by molar-refractivity contribution is 6.30. The minimum absolute atomic E-state index is 0.0834. The second-order valence-electron chi connectivity index (χ2n) is 5.07. The van der Waals surface area contributed by atoms with Crippen molar-refractivity contribution >= 4 is 11.6 Å². The van der Waals surface area contributed by atoms with Crippen LogP contribution in [-0.2, 0) is 6.54 Å². The van der Waals surface area contributed by atoms with Gasteiger partial charge in [0.05, 0.1) is 5.56 Å². The zero-order valence-corrected chi connectivity index (χ0v) is 12.7. The molecule has 21 heavy (non-hydrogen) atoms. The molecule has 0 heterocycles. The average molecular weight is 303 g/mol. The van der Waals surface area contributed by atoms with Gasteiger partial charge in [0.15, 0.2) is 0 Å². The highest BCUT2D eigenvalue weighted by Crippen LogP contribution is 2.22. The highest BCUT2D eigenvalue weighted by atomic mass is 35.5. The molecule has 4 heteroatoms. The van der Waals surface area contributed by atoms with E-state index < -0.39 is 5.82 Å². The van der Waals surface area contributed by atoms with E-state index in [9.17, 15) is 4.39 Å². The molecular weight excluding hydrogens is 287 g/mol. The molecule has 0 bridgehead atoms. The maximum absolute atomic E-state index is 13.3. The summed E-state index contributed by atoms with van der Waals surface area (Å²) in [6, 6.07) is 14.4. The van der Waals surface area contributed by atoms with Crippen molar-refractivity contribution in [3.63, 3.8) is 0 Å². The highest BCUT2D eigenvalue weighted by Gasteiger charge is 2.13. The molecular formula is C17H16ClFN2. The van der Waals surface area contributed by atoms with Crippen LogP contribution in [-0.4, -0.2) is 11.9 Å². The Labute approximate surface area is 129 Å². The van der Waals surface area contributed by atoms with Crippen molar-refractivity contribution in [2.45, 2.75) is 19.5 Å². The third kappa shape index (κ3) is 3.81. The number of rotatable bonds is 4. The predicted octanol–water partition coefficient (Wildman–Crippen LogP) is 4.54. The van der Waals surface area contributed by atoms with Crippen molar-refractivity contribution in [1.29, 1.82) is 5.26 Å². The van der Waals surface area contributed by atoms with E-state index >= 15 is 0 Å². The fourth-order valence-electron chi connectivity index (χ4n) is 2.18. The fourth-order valence-corrected chi connectivity index (χ4v) is 2.30. The van der Waals surface area contributed by atoms with Crippen LogP contribution in [0.3, 0.4) is 0 Å². The smallest absolute Gasteiger partial charge is 0.140 e. The lowest BCUT2D eigenvalue weighted by Crippen LogP contribution is -2.22. The van der Waals surface area contributed by atoms with Gasteiger partial charge in [-0.2, -0.15) is 5.26 Å². The van der Waals surface area contributed by atoms with Crippen LogP contribution in [0.25, 0.3) is 0 Å².